The molecule has 35 heavy (non-hydrogen) atoms. The molecule has 0 radical (unpaired) electrons. The summed E-state index contributed by atoms with van der Waals surface area (Å²) in [6.45, 7) is 4.35. The molecular formula is C29H25ClN2O3. The first-order valence-corrected chi connectivity index (χ1v) is 11.9. The number of ether oxygens (including phenoxy) is 1. The summed E-state index contributed by atoms with van der Waals surface area (Å²) in [7, 11) is 0. The molecular weight excluding hydrogens is 460 g/mol. The van der Waals surface area contributed by atoms with Crippen LogP contribution >= 0.6 is 11.6 Å². The average molecular weight is 485 g/mol. The smallest absolute Gasteiger partial charge is 0.337 e. The minimum absolute atomic E-state index is 0.210. The van der Waals surface area contributed by atoms with Crippen LogP contribution in [0.4, 0.5) is 5.69 Å². The van der Waals surface area contributed by atoms with Crippen molar-refractivity contribution in [1.29, 1.82) is 0 Å². The topological polar surface area (TPSA) is 58.6 Å². The zero-order valence-electron chi connectivity index (χ0n) is 19.5. The molecule has 2 aliphatic rings. The maximum atomic E-state index is 13.7. The Bertz CT molecular complexity index is 1360. The molecule has 2 aliphatic heterocycles. The van der Waals surface area contributed by atoms with Crippen molar-refractivity contribution in [2.75, 3.05) is 11.9 Å². The summed E-state index contributed by atoms with van der Waals surface area (Å²) < 4.78 is 5.51. The van der Waals surface area contributed by atoms with Crippen LogP contribution in [0.3, 0.4) is 0 Å². The standard InChI is InChI=1S/C29H25ClN2O3/c1-3-35-27(33)26-19(2)32(18-20-13-15-22(30)16-14-20)25(21-9-5-4-6-10-21)17-29(26)23-11-7-8-12-24(23)31-28(29)34/h4-17H,3,18H2,1-2H3,(H,31,34)/t29-/m1/s1. The third-order valence-electron chi connectivity index (χ3n) is 6.57. The number of halogens is 1. The molecule has 176 valence electrons. The van der Waals surface area contributed by atoms with Crippen molar-refractivity contribution in [2.24, 2.45) is 0 Å². The van der Waals surface area contributed by atoms with Gasteiger partial charge in [-0.1, -0.05) is 72.3 Å². The number of nitrogens with zero attached hydrogens (tertiary/aromatic N) is 1. The fourth-order valence-electron chi connectivity index (χ4n) is 4.96. The lowest BCUT2D eigenvalue weighted by molar-refractivity contribution is -0.140. The van der Waals surface area contributed by atoms with Crippen LogP contribution in [-0.2, 0) is 26.3 Å². The number of hydrogen-bond acceptors (Lipinski definition) is 4. The van der Waals surface area contributed by atoms with E-state index in [0.717, 1.165) is 22.4 Å². The van der Waals surface area contributed by atoms with E-state index in [1.165, 1.54) is 0 Å². The zero-order valence-corrected chi connectivity index (χ0v) is 20.3. The Morgan fingerprint density at radius 2 is 1.69 bits per heavy atom. The Labute approximate surface area is 209 Å². The van der Waals surface area contributed by atoms with E-state index in [1.807, 2.05) is 91.9 Å². The first-order valence-electron chi connectivity index (χ1n) is 11.6. The van der Waals surface area contributed by atoms with Crippen molar-refractivity contribution in [3.8, 4) is 0 Å². The second-order valence-electron chi connectivity index (χ2n) is 8.60. The molecule has 0 aliphatic carbocycles. The maximum absolute atomic E-state index is 13.7. The van der Waals surface area contributed by atoms with Crippen LogP contribution < -0.4 is 5.32 Å². The minimum Gasteiger partial charge on any atom is -0.463 e. The summed E-state index contributed by atoms with van der Waals surface area (Å²) in [6, 6.07) is 25.0. The molecule has 0 aromatic heterocycles. The van der Waals surface area contributed by atoms with Crippen LogP contribution in [0.25, 0.3) is 5.70 Å². The van der Waals surface area contributed by atoms with Gasteiger partial charge in [0.05, 0.1) is 12.2 Å². The highest BCUT2D eigenvalue weighted by molar-refractivity contribution is 6.30. The molecule has 0 unspecified atom stereocenters. The third kappa shape index (κ3) is 3.82. The summed E-state index contributed by atoms with van der Waals surface area (Å²) in [4.78, 5) is 29.3. The van der Waals surface area contributed by atoms with Gasteiger partial charge in [0.2, 0.25) is 5.91 Å². The quantitative estimate of drug-likeness (QED) is 0.456. The highest BCUT2D eigenvalue weighted by Crippen LogP contribution is 2.51. The first-order chi connectivity index (χ1) is 17.0. The van der Waals surface area contributed by atoms with Crippen LogP contribution in [0, 0.1) is 0 Å². The van der Waals surface area contributed by atoms with Gasteiger partial charge in [-0.25, -0.2) is 4.79 Å². The number of nitrogens with one attached hydrogen (secondary N) is 1. The van der Waals surface area contributed by atoms with E-state index in [4.69, 9.17) is 16.3 Å². The summed E-state index contributed by atoms with van der Waals surface area (Å²) in [5, 5.41) is 3.65. The van der Waals surface area contributed by atoms with Gasteiger partial charge in [-0.05, 0) is 54.8 Å². The molecule has 5 rings (SSSR count). The van der Waals surface area contributed by atoms with Crippen molar-refractivity contribution in [3.05, 3.63) is 118 Å². The van der Waals surface area contributed by atoms with Crippen LogP contribution in [0.1, 0.15) is 30.5 Å². The van der Waals surface area contributed by atoms with E-state index in [0.29, 0.717) is 28.5 Å². The number of rotatable bonds is 5. The van der Waals surface area contributed by atoms with Gasteiger partial charge in [-0.3, -0.25) is 4.79 Å². The molecule has 6 heteroatoms. The van der Waals surface area contributed by atoms with Gasteiger partial charge in [0, 0.05) is 28.6 Å². The van der Waals surface area contributed by atoms with E-state index in [1.54, 1.807) is 6.92 Å². The molecule has 0 bridgehead atoms. The molecule has 5 nitrogen and oxygen atoms in total. The number of hydrogen-bond donors (Lipinski definition) is 1. The largest absolute Gasteiger partial charge is 0.463 e. The van der Waals surface area contributed by atoms with Gasteiger partial charge in [0.15, 0.2) is 0 Å². The predicted molar refractivity (Wildman–Crippen MR) is 137 cm³/mol. The fourth-order valence-corrected chi connectivity index (χ4v) is 5.09. The zero-order chi connectivity index (χ0) is 24.6. The van der Waals surface area contributed by atoms with Crippen LogP contribution in [0.2, 0.25) is 5.02 Å². The summed E-state index contributed by atoms with van der Waals surface area (Å²) >= 11 is 6.11. The summed E-state index contributed by atoms with van der Waals surface area (Å²) in [5.41, 5.74) is 3.95. The van der Waals surface area contributed by atoms with Crippen molar-refractivity contribution in [3.63, 3.8) is 0 Å². The predicted octanol–water partition coefficient (Wildman–Crippen LogP) is 5.92. The Balaban J connectivity index is 1.77. The summed E-state index contributed by atoms with van der Waals surface area (Å²) in [6.07, 6.45) is 1.92. The van der Waals surface area contributed by atoms with E-state index >= 15 is 0 Å². The number of anilines is 1. The van der Waals surface area contributed by atoms with E-state index in [-0.39, 0.29) is 12.5 Å². The highest BCUT2D eigenvalue weighted by atomic mass is 35.5. The van der Waals surface area contributed by atoms with Gasteiger partial charge in [-0.2, -0.15) is 0 Å². The monoisotopic (exact) mass is 484 g/mol. The van der Waals surface area contributed by atoms with Crippen molar-refractivity contribution in [2.45, 2.75) is 25.8 Å². The Morgan fingerprint density at radius 3 is 2.40 bits per heavy atom. The van der Waals surface area contributed by atoms with Gasteiger partial charge in [0.25, 0.3) is 0 Å². The molecule has 3 aromatic rings. The van der Waals surface area contributed by atoms with E-state index < -0.39 is 11.4 Å². The molecule has 1 atom stereocenters. The molecule has 1 amide bonds. The number of esters is 1. The minimum atomic E-state index is -1.30. The molecule has 3 aromatic carbocycles. The summed E-state index contributed by atoms with van der Waals surface area (Å²) in [5.74, 6) is -0.762. The van der Waals surface area contributed by atoms with Gasteiger partial charge in [0.1, 0.15) is 5.41 Å². The number of benzene rings is 3. The van der Waals surface area contributed by atoms with Gasteiger partial charge < -0.3 is 15.0 Å². The molecule has 0 fully saturated rings. The number of allylic oxidation sites excluding steroid dienone is 1. The lowest BCUT2D eigenvalue weighted by atomic mass is 9.71. The lowest BCUT2D eigenvalue weighted by Gasteiger charge is -2.40. The fraction of sp³-hybridized carbons (Fsp3) is 0.172. The van der Waals surface area contributed by atoms with Crippen molar-refractivity contribution >= 4 is 34.9 Å². The second-order valence-corrected chi connectivity index (χ2v) is 9.03. The average Bonchev–Trinajstić information content (AvgIpc) is 3.14. The molecule has 2 heterocycles. The third-order valence-corrected chi connectivity index (χ3v) is 6.82. The van der Waals surface area contributed by atoms with Crippen molar-refractivity contribution in [1.82, 2.24) is 4.90 Å². The van der Waals surface area contributed by atoms with E-state index in [2.05, 4.69) is 10.2 Å². The van der Waals surface area contributed by atoms with Gasteiger partial charge in [-0.15, -0.1) is 0 Å². The highest BCUT2D eigenvalue weighted by Gasteiger charge is 2.54. The second kappa shape index (κ2) is 9.08. The Kier molecular flexibility index (Phi) is 5.95. The normalized spacial score (nSPS) is 18.9. The number of carbonyl (C=O) groups is 2. The lowest BCUT2D eigenvalue weighted by Crippen LogP contribution is -2.44. The number of para-hydroxylation sites is 1. The molecule has 1 spiro atoms. The molecule has 0 saturated heterocycles. The van der Waals surface area contributed by atoms with Crippen LogP contribution in [0.5, 0.6) is 0 Å². The Morgan fingerprint density at radius 1 is 1.00 bits per heavy atom. The SMILES string of the molecule is CCOC(=O)C1=C(C)N(Cc2ccc(Cl)cc2)C(c2ccccc2)=C[C@]12C(=O)Nc1ccccc12. The number of fused-ring (bicyclic) bond motifs is 2. The van der Waals surface area contributed by atoms with Crippen LogP contribution in [0.15, 0.2) is 96.2 Å². The maximum Gasteiger partial charge on any atom is 0.337 e. The van der Waals surface area contributed by atoms with E-state index in [9.17, 15) is 9.59 Å². The Hall–Kier alpha value is -3.83. The number of amides is 1. The molecule has 1 N–H and O–H groups in total. The van der Waals surface area contributed by atoms with Crippen LogP contribution in [-0.4, -0.2) is 23.4 Å². The first kappa shape index (κ1) is 22.9. The van der Waals surface area contributed by atoms with Crippen molar-refractivity contribution < 1.29 is 14.3 Å². The number of carbonyl (C=O) groups excluding carboxylic acids is 2. The van der Waals surface area contributed by atoms with Gasteiger partial charge >= 0.3 is 5.97 Å². The molecule has 0 saturated carbocycles.